The Bertz CT molecular complexity index is 370. The van der Waals surface area contributed by atoms with Gasteiger partial charge in [0.15, 0.2) is 5.96 Å². The standard InChI is InChI=1S/C16H33N5/c1-6-16(2)7-8-21(13-16)15(17-3)18-11-14-12-19(4)9-10-20(14)5/h14H,6-13H2,1-5H3,(H,17,18). The van der Waals surface area contributed by atoms with E-state index in [0.29, 0.717) is 11.5 Å². The van der Waals surface area contributed by atoms with Gasteiger partial charge in [0.1, 0.15) is 0 Å². The molecule has 2 unspecified atom stereocenters. The molecule has 0 aromatic rings. The minimum absolute atomic E-state index is 0.458. The highest BCUT2D eigenvalue weighted by atomic mass is 15.3. The lowest BCUT2D eigenvalue weighted by Gasteiger charge is -2.38. The molecule has 0 aromatic heterocycles. The van der Waals surface area contributed by atoms with E-state index in [1.165, 1.54) is 19.4 Å². The molecule has 2 rings (SSSR count). The molecule has 0 amide bonds. The first-order valence-corrected chi connectivity index (χ1v) is 8.32. The van der Waals surface area contributed by atoms with Crippen molar-refractivity contribution in [2.45, 2.75) is 32.7 Å². The van der Waals surface area contributed by atoms with Gasteiger partial charge in [-0.05, 0) is 32.4 Å². The van der Waals surface area contributed by atoms with Crippen LogP contribution in [0.4, 0.5) is 0 Å². The van der Waals surface area contributed by atoms with Crippen LogP contribution in [0.5, 0.6) is 0 Å². The summed E-state index contributed by atoms with van der Waals surface area (Å²) in [6.45, 7) is 11.4. The van der Waals surface area contributed by atoms with Gasteiger partial charge in [0.05, 0.1) is 0 Å². The number of hydrogen-bond donors (Lipinski definition) is 1. The van der Waals surface area contributed by atoms with Crippen molar-refractivity contribution in [3.8, 4) is 0 Å². The maximum absolute atomic E-state index is 4.50. The molecule has 0 radical (unpaired) electrons. The molecular formula is C16H33N5. The lowest BCUT2D eigenvalue weighted by Crippen LogP contribution is -2.55. The van der Waals surface area contributed by atoms with Crippen LogP contribution in [0.25, 0.3) is 0 Å². The van der Waals surface area contributed by atoms with Crippen molar-refractivity contribution >= 4 is 5.96 Å². The first-order chi connectivity index (χ1) is 9.97. The number of rotatable bonds is 3. The van der Waals surface area contributed by atoms with Gasteiger partial charge in [-0.15, -0.1) is 0 Å². The van der Waals surface area contributed by atoms with Crippen molar-refractivity contribution in [2.75, 3.05) is 60.4 Å². The molecule has 5 heteroatoms. The summed E-state index contributed by atoms with van der Waals surface area (Å²) in [4.78, 5) is 11.8. The van der Waals surface area contributed by atoms with E-state index in [4.69, 9.17) is 0 Å². The number of hydrogen-bond acceptors (Lipinski definition) is 3. The van der Waals surface area contributed by atoms with E-state index in [1.807, 2.05) is 7.05 Å². The Kier molecular flexibility index (Phi) is 5.49. The summed E-state index contributed by atoms with van der Waals surface area (Å²) >= 11 is 0. The molecule has 2 heterocycles. The van der Waals surface area contributed by atoms with Crippen LogP contribution < -0.4 is 5.32 Å². The van der Waals surface area contributed by atoms with E-state index in [2.05, 4.69) is 53.0 Å². The first-order valence-electron chi connectivity index (χ1n) is 8.32. The Morgan fingerprint density at radius 2 is 2.05 bits per heavy atom. The third-order valence-corrected chi connectivity index (χ3v) is 5.40. The van der Waals surface area contributed by atoms with Gasteiger partial charge in [-0.25, -0.2) is 0 Å². The minimum Gasteiger partial charge on any atom is -0.355 e. The Hall–Kier alpha value is -0.810. The van der Waals surface area contributed by atoms with E-state index in [1.54, 1.807) is 0 Å². The molecule has 122 valence electrons. The van der Waals surface area contributed by atoms with E-state index in [9.17, 15) is 0 Å². The number of guanidine groups is 1. The van der Waals surface area contributed by atoms with Crippen LogP contribution in [0.3, 0.4) is 0 Å². The Morgan fingerprint density at radius 3 is 2.67 bits per heavy atom. The predicted octanol–water partition coefficient (Wildman–Crippen LogP) is 0.930. The Balaban J connectivity index is 1.86. The largest absolute Gasteiger partial charge is 0.355 e. The molecule has 21 heavy (non-hydrogen) atoms. The molecule has 2 aliphatic rings. The topological polar surface area (TPSA) is 34.1 Å². The summed E-state index contributed by atoms with van der Waals surface area (Å²) in [5.41, 5.74) is 0.458. The fourth-order valence-electron chi connectivity index (χ4n) is 3.36. The average molecular weight is 295 g/mol. The van der Waals surface area contributed by atoms with Gasteiger partial charge in [-0.2, -0.15) is 0 Å². The van der Waals surface area contributed by atoms with Gasteiger partial charge in [0.2, 0.25) is 0 Å². The molecule has 0 aliphatic carbocycles. The van der Waals surface area contributed by atoms with Crippen molar-refractivity contribution in [1.29, 1.82) is 0 Å². The minimum atomic E-state index is 0.458. The second-order valence-electron chi connectivity index (χ2n) is 7.16. The Morgan fingerprint density at radius 1 is 1.29 bits per heavy atom. The van der Waals surface area contributed by atoms with Crippen molar-refractivity contribution < 1.29 is 0 Å². The molecule has 2 atom stereocenters. The zero-order valence-electron chi connectivity index (χ0n) is 14.5. The molecule has 0 saturated carbocycles. The number of nitrogens with zero attached hydrogens (tertiary/aromatic N) is 4. The summed E-state index contributed by atoms with van der Waals surface area (Å²) < 4.78 is 0. The van der Waals surface area contributed by atoms with Crippen LogP contribution in [-0.4, -0.2) is 87.1 Å². The summed E-state index contributed by atoms with van der Waals surface area (Å²) in [5.74, 6) is 1.08. The molecule has 0 aromatic carbocycles. The van der Waals surface area contributed by atoms with Crippen molar-refractivity contribution in [2.24, 2.45) is 10.4 Å². The number of piperazine rings is 1. The summed E-state index contributed by atoms with van der Waals surface area (Å²) in [6.07, 6.45) is 2.52. The second-order valence-corrected chi connectivity index (χ2v) is 7.16. The van der Waals surface area contributed by atoms with Crippen LogP contribution in [0.1, 0.15) is 26.7 Å². The van der Waals surface area contributed by atoms with Gasteiger partial charge < -0.3 is 15.1 Å². The smallest absolute Gasteiger partial charge is 0.193 e. The van der Waals surface area contributed by atoms with Crippen LogP contribution in [-0.2, 0) is 0 Å². The fourth-order valence-corrected chi connectivity index (χ4v) is 3.36. The number of nitrogens with one attached hydrogen (secondary N) is 1. The lowest BCUT2D eigenvalue weighted by atomic mass is 9.87. The molecular weight excluding hydrogens is 262 g/mol. The quantitative estimate of drug-likeness (QED) is 0.620. The zero-order chi connectivity index (χ0) is 15.5. The Labute approximate surface area is 130 Å². The number of likely N-dealkylation sites (N-methyl/N-ethyl adjacent to an activating group) is 2. The maximum atomic E-state index is 4.50. The highest BCUT2D eigenvalue weighted by molar-refractivity contribution is 5.80. The van der Waals surface area contributed by atoms with Gasteiger partial charge in [-0.3, -0.25) is 9.89 Å². The van der Waals surface area contributed by atoms with Crippen LogP contribution in [0.15, 0.2) is 4.99 Å². The average Bonchev–Trinajstić information content (AvgIpc) is 2.86. The van der Waals surface area contributed by atoms with E-state index >= 15 is 0 Å². The molecule has 2 aliphatic heterocycles. The van der Waals surface area contributed by atoms with E-state index in [0.717, 1.165) is 38.7 Å². The van der Waals surface area contributed by atoms with Crippen LogP contribution >= 0.6 is 0 Å². The van der Waals surface area contributed by atoms with E-state index < -0.39 is 0 Å². The normalized spacial score (nSPS) is 32.7. The third kappa shape index (κ3) is 4.10. The molecule has 2 saturated heterocycles. The van der Waals surface area contributed by atoms with Crippen molar-refractivity contribution in [3.63, 3.8) is 0 Å². The zero-order valence-corrected chi connectivity index (χ0v) is 14.5. The highest BCUT2D eigenvalue weighted by Gasteiger charge is 2.33. The highest BCUT2D eigenvalue weighted by Crippen LogP contribution is 2.32. The van der Waals surface area contributed by atoms with Crippen LogP contribution in [0, 0.1) is 5.41 Å². The monoisotopic (exact) mass is 295 g/mol. The molecule has 5 nitrogen and oxygen atoms in total. The van der Waals surface area contributed by atoms with Gasteiger partial charge in [0.25, 0.3) is 0 Å². The summed E-state index contributed by atoms with van der Waals surface area (Å²) in [6, 6.07) is 0.570. The first kappa shape index (κ1) is 16.6. The van der Waals surface area contributed by atoms with Gasteiger partial charge in [-0.1, -0.05) is 13.8 Å². The summed E-state index contributed by atoms with van der Waals surface area (Å²) in [7, 11) is 6.34. The predicted molar refractivity (Wildman–Crippen MR) is 89.9 cm³/mol. The van der Waals surface area contributed by atoms with Gasteiger partial charge in [0, 0.05) is 52.4 Å². The van der Waals surface area contributed by atoms with E-state index in [-0.39, 0.29) is 0 Å². The molecule has 0 spiro atoms. The molecule has 0 bridgehead atoms. The fraction of sp³-hybridized carbons (Fsp3) is 0.938. The number of aliphatic imine (C=N–C) groups is 1. The second kappa shape index (κ2) is 6.97. The summed E-state index contributed by atoms with van der Waals surface area (Å²) in [5, 5.41) is 3.60. The number of likely N-dealkylation sites (tertiary alicyclic amines) is 1. The van der Waals surface area contributed by atoms with Crippen molar-refractivity contribution in [3.05, 3.63) is 0 Å². The lowest BCUT2D eigenvalue weighted by molar-refractivity contribution is 0.116. The molecule has 2 fully saturated rings. The van der Waals surface area contributed by atoms with Crippen molar-refractivity contribution in [1.82, 2.24) is 20.0 Å². The van der Waals surface area contributed by atoms with Gasteiger partial charge >= 0.3 is 0 Å². The van der Waals surface area contributed by atoms with Crippen LogP contribution in [0.2, 0.25) is 0 Å². The maximum Gasteiger partial charge on any atom is 0.193 e. The SMILES string of the molecule is CCC1(C)CCN(C(=NC)NCC2CN(C)CCN2C)C1. The molecule has 1 N–H and O–H groups in total. The third-order valence-electron chi connectivity index (χ3n) is 5.40.